The topological polar surface area (TPSA) is 68.2 Å². The van der Waals surface area contributed by atoms with Crippen LogP contribution in [0.2, 0.25) is 0 Å². The molecule has 2 N–H and O–H groups in total. The van der Waals surface area contributed by atoms with Crippen molar-refractivity contribution in [3.8, 4) is 5.75 Å². The molecule has 0 saturated carbocycles. The number of nitrogens with zero attached hydrogens (tertiary/aromatic N) is 2. The maximum absolute atomic E-state index is 13.5. The smallest absolute Gasteiger partial charge is 0.255 e. The first-order valence-electron chi connectivity index (χ1n) is 10.1. The van der Waals surface area contributed by atoms with Crippen molar-refractivity contribution < 1.29 is 9.53 Å². The first kappa shape index (κ1) is 18.9. The molecular weight excluding hydrogens is 388 g/mol. The third-order valence-electron chi connectivity index (χ3n) is 5.54. The van der Waals surface area contributed by atoms with E-state index in [-0.39, 0.29) is 11.9 Å². The number of benzene rings is 3. The van der Waals surface area contributed by atoms with Crippen molar-refractivity contribution in [3.05, 3.63) is 95.7 Å². The number of methoxy groups -OCH3 is 1. The van der Waals surface area contributed by atoms with Gasteiger partial charge in [-0.25, -0.2) is 4.98 Å². The van der Waals surface area contributed by atoms with Gasteiger partial charge in [-0.05, 0) is 48.9 Å². The molecule has 1 amide bonds. The van der Waals surface area contributed by atoms with Gasteiger partial charge in [-0.2, -0.15) is 0 Å². The number of fused-ring (bicyclic) bond motifs is 3. The predicted octanol–water partition coefficient (Wildman–Crippen LogP) is 4.97. The van der Waals surface area contributed by atoms with Crippen molar-refractivity contribution in [2.45, 2.75) is 13.0 Å². The minimum Gasteiger partial charge on any atom is -0.497 e. The Balaban J connectivity index is 1.66. The Labute approximate surface area is 180 Å². The summed E-state index contributed by atoms with van der Waals surface area (Å²) in [5.41, 5.74) is 4.98. The Morgan fingerprint density at radius 2 is 1.71 bits per heavy atom. The van der Waals surface area contributed by atoms with Gasteiger partial charge >= 0.3 is 0 Å². The molecule has 1 atom stereocenters. The first-order chi connectivity index (χ1) is 15.2. The van der Waals surface area contributed by atoms with Gasteiger partial charge in [0.05, 0.1) is 29.8 Å². The fourth-order valence-corrected chi connectivity index (χ4v) is 4.08. The number of nitrogens with one attached hydrogen (secondary N) is 2. The van der Waals surface area contributed by atoms with Crippen molar-refractivity contribution in [1.29, 1.82) is 0 Å². The number of para-hydroxylation sites is 3. The molecule has 3 aromatic carbocycles. The molecule has 0 aliphatic carbocycles. The highest BCUT2D eigenvalue weighted by Crippen LogP contribution is 2.39. The monoisotopic (exact) mass is 410 g/mol. The first-order valence-corrected chi connectivity index (χ1v) is 10.1. The number of aromatic nitrogens is 2. The van der Waals surface area contributed by atoms with E-state index in [2.05, 4.69) is 15.2 Å². The minimum atomic E-state index is -0.335. The van der Waals surface area contributed by atoms with Crippen molar-refractivity contribution in [1.82, 2.24) is 9.55 Å². The highest BCUT2D eigenvalue weighted by molar-refractivity contribution is 6.06. The lowest BCUT2D eigenvalue weighted by molar-refractivity contribution is -0.113. The van der Waals surface area contributed by atoms with Gasteiger partial charge in [-0.3, -0.25) is 9.36 Å². The summed E-state index contributed by atoms with van der Waals surface area (Å²) in [5, 5.41) is 6.37. The van der Waals surface area contributed by atoms with Crippen LogP contribution in [0, 0.1) is 0 Å². The van der Waals surface area contributed by atoms with E-state index in [0.29, 0.717) is 5.57 Å². The van der Waals surface area contributed by atoms with Gasteiger partial charge in [-0.15, -0.1) is 0 Å². The van der Waals surface area contributed by atoms with E-state index in [1.807, 2.05) is 85.8 Å². The summed E-state index contributed by atoms with van der Waals surface area (Å²) < 4.78 is 7.42. The van der Waals surface area contributed by atoms with E-state index < -0.39 is 0 Å². The zero-order valence-corrected chi connectivity index (χ0v) is 17.3. The normalized spacial score (nSPS) is 15.4. The SMILES string of the molecule is COc1ccc([C@H]2C(C(=O)Nc3ccccc3)=C(C)Nc3nc4ccccc4n32)cc1. The second kappa shape index (κ2) is 7.65. The molecule has 0 radical (unpaired) electrons. The van der Waals surface area contributed by atoms with Crippen LogP contribution in [0.15, 0.2) is 90.1 Å². The Morgan fingerprint density at radius 1 is 1.00 bits per heavy atom. The third kappa shape index (κ3) is 3.32. The fraction of sp³-hybridized carbons (Fsp3) is 0.120. The summed E-state index contributed by atoms with van der Waals surface area (Å²) >= 11 is 0. The number of rotatable bonds is 4. The molecular formula is C25H22N4O2. The second-order valence-corrected chi connectivity index (χ2v) is 7.45. The van der Waals surface area contributed by atoms with E-state index in [1.54, 1.807) is 7.11 Å². The van der Waals surface area contributed by atoms with Crippen LogP contribution in [0.25, 0.3) is 11.0 Å². The molecule has 1 aromatic heterocycles. The average molecular weight is 410 g/mol. The Bertz CT molecular complexity index is 1290. The minimum absolute atomic E-state index is 0.152. The van der Waals surface area contributed by atoms with Gasteiger partial charge < -0.3 is 15.4 Å². The van der Waals surface area contributed by atoms with Gasteiger partial charge in [0.2, 0.25) is 5.95 Å². The van der Waals surface area contributed by atoms with Crippen LogP contribution in [-0.2, 0) is 4.79 Å². The van der Waals surface area contributed by atoms with Crippen LogP contribution in [0.3, 0.4) is 0 Å². The van der Waals surface area contributed by atoms with Gasteiger partial charge in [0.1, 0.15) is 5.75 Å². The molecule has 2 heterocycles. The van der Waals surface area contributed by atoms with Gasteiger partial charge in [0.25, 0.3) is 5.91 Å². The van der Waals surface area contributed by atoms with Crippen molar-refractivity contribution in [2.75, 3.05) is 17.7 Å². The lowest BCUT2D eigenvalue weighted by Gasteiger charge is -2.30. The van der Waals surface area contributed by atoms with Gasteiger partial charge in [-0.1, -0.05) is 42.5 Å². The Kier molecular flexibility index (Phi) is 4.67. The largest absolute Gasteiger partial charge is 0.497 e. The van der Waals surface area contributed by atoms with Crippen molar-refractivity contribution in [2.24, 2.45) is 0 Å². The van der Waals surface area contributed by atoms with E-state index in [9.17, 15) is 4.79 Å². The van der Waals surface area contributed by atoms with Crippen molar-refractivity contribution in [3.63, 3.8) is 0 Å². The summed E-state index contributed by atoms with van der Waals surface area (Å²) in [4.78, 5) is 18.2. The molecule has 154 valence electrons. The lowest BCUT2D eigenvalue weighted by atomic mass is 9.94. The third-order valence-corrected chi connectivity index (χ3v) is 5.54. The molecule has 4 aromatic rings. The molecule has 1 aliphatic heterocycles. The van der Waals surface area contributed by atoms with E-state index in [1.165, 1.54) is 0 Å². The second-order valence-electron chi connectivity index (χ2n) is 7.45. The van der Waals surface area contributed by atoms with Crippen molar-refractivity contribution >= 4 is 28.6 Å². The van der Waals surface area contributed by atoms with Gasteiger partial charge in [0, 0.05) is 11.4 Å². The molecule has 6 heteroatoms. The van der Waals surface area contributed by atoms with Crippen LogP contribution in [0.4, 0.5) is 11.6 Å². The van der Waals surface area contributed by atoms with Crippen LogP contribution < -0.4 is 15.4 Å². The number of ether oxygens (including phenoxy) is 1. The number of carbonyl (C=O) groups excluding carboxylic acids is 1. The Hall–Kier alpha value is -4.06. The zero-order chi connectivity index (χ0) is 21.4. The molecule has 0 bridgehead atoms. The zero-order valence-electron chi connectivity index (χ0n) is 17.3. The predicted molar refractivity (Wildman–Crippen MR) is 122 cm³/mol. The molecule has 1 aliphatic rings. The molecule has 0 fully saturated rings. The van der Waals surface area contributed by atoms with Crippen LogP contribution in [-0.4, -0.2) is 22.6 Å². The van der Waals surface area contributed by atoms with E-state index in [4.69, 9.17) is 9.72 Å². The number of hydrogen-bond acceptors (Lipinski definition) is 4. The quantitative estimate of drug-likeness (QED) is 0.498. The maximum Gasteiger partial charge on any atom is 0.255 e. The van der Waals surface area contributed by atoms with Crippen LogP contribution in [0.5, 0.6) is 5.75 Å². The summed E-state index contributed by atoms with van der Waals surface area (Å²) in [7, 11) is 1.64. The Morgan fingerprint density at radius 3 is 2.45 bits per heavy atom. The highest BCUT2D eigenvalue weighted by Gasteiger charge is 2.34. The number of imidazole rings is 1. The lowest BCUT2D eigenvalue weighted by Crippen LogP contribution is -2.30. The number of hydrogen-bond donors (Lipinski definition) is 2. The summed E-state index contributed by atoms with van der Waals surface area (Å²) in [6.45, 7) is 1.92. The number of amides is 1. The number of allylic oxidation sites excluding steroid dienone is 1. The number of anilines is 2. The molecule has 0 spiro atoms. The molecule has 5 rings (SSSR count). The number of carbonyl (C=O) groups is 1. The van der Waals surface area contributed by atoms with Gasteiger partial charge in [0.15, 0.2) is 0 Å². The van der Waals surface area contributed by atoms with Crippen LogP contribution in [0.1, 0.15) is 18.5 Å². The highest BCUT2D eigenvalue weighted by atomic mass is 16.5. The molecule has 0 saturated heterocycles. The molecule has 6 nitrogen and oxygen atoms in total. The fourth-order valence-electron chi connectivity index (χ4n) is 4.08. The average Bonchev–Trinajstić information content (AvgIpc) is 3.16. The molecule has 31 heavy (non-hydrogen) atoms. The van der Waals surface area contributed by atoms with E-state index in [0.717, 1.165) is 39.7 Å². The maximum atomic E-state index is 13.5. The summed E-state index contributed by atoms with van der Waals surface area (Å²) in [6, 6.07) is 24.9. The van der Waals surface area contributed by atoms with Crippen LogP contribution >= 0.6 is 0 Å². The summed E-state index contributed by atoms with van der Waals surface area (Å²) in [6.07, 6.45) is 0. The summed E-state index contributed by atoms with van der Waals surface area (Å²) in [5.74, 6) is 1.33. The van der Waals surface area contributed by atoms with E-state index >= 15 is 0 Å². The standard InChI is InChI=1S/C25H22N4O2/c1-16-22(24(30)27-18-8-4-3-5-9-18)23(17-12-14-19(31-2)15-13-17)29-21-11-7-6-10-20(21)28-25(29)26-16/h3-15,23H,1-2H3,(H,26,28)(H,27,30)/t23-/m0/s1. The molecule has 0 unspecified atom stereocenters.